The highest BCUT2D eigenvalue weighted by atomic mass is 15.2. The highest BCUT2D eigenvalue weighted by molar-refractivity contribution is 5.40. The van der Waals surface area contributed by atoms with Crippen molar-refractivity contribution in [2.45, 2.75) is 38.4 Å². The summed E-state index contributed by atoms with van der Waals surface area (Å²) in [6.45, 7) is 6.49. The van der Waals surface area contributed by atoms with Crippen molar-refractivity contribution in [3.8, 4) is 0 Å². The summed E-state index contributed by atoms with van der Waals surface area (Å²) in [4.78, 5) is 5.09. The van der Waals surface area contributed by atoms with Gasteiger partial charge in [-0.05, 0) is 56.6 Å². The van der Waals surface area contributed by atoms with Crippen molar-refractivity contribution in [1.82, 2.24) is 9.80 Å². The molecule has 0 amide bonds. The van der Waals surface area contributed by atoms with Crippen molar-refractivity contribution in [2.24, 2.45) is 5.73 Å². The first-order valence-electron chi connectivity index (χ1n) is 7.43. The first-order valence-corrected chi connectivity index (χ1v) is 7.43. The highest BCUT2D eigenvalue weighted by Gasteiger charge is 2.35. The number of hydrogen-bond acceptors (Lipinski definition) is 3. The Labute approximate surface area is 116 Å². The maximum absolute atomic E-state index is 6.07. The molecule has 3 rings (SSSR count). The predicted molar refractivity (Wildman–Crippen MR) is 79.0 cm³/mol. The number of fused-ring (bicyclic) bond motifs is 1. The van der Waals surface area contributed by atoms with Crippen molar-refractivity contribution in [3.05, 3.63) is 34.9 Å². The van der Waals surface area contributed by atoms with Gasteiger partial charge in [-0.15, -0.1) is 0 Å². The van der Waals surface area contributed by atoms with Gasteiger partial charge in [-0.1, -0.05) is 18.2 Å². The van der Waals surface area contributed by atoms with Crippen LogP contribution >= 0.6 is 0 Å². The standard InChI is InChI=1S/C16H25N3/c1-12-4-3-5-14-15(12)11-19(16(14)10-17)13-6-8-18(2)9-7-13/h3-5,13,16H,6-11,17H2,1-2H3. The molecule has 2 N–H and O–H groups in total. The SMILES string of the molecule is Cc1cccc2c1CN(C1CCN(C)CC1)C2CN. The van der Waals surface area contributed by atoms with Crippen molar-refractivity contribution >= 4 is 0 Å². The molecule has 104 valence electrons. The Morgan fingerprint density at radius 2 is 2.00 bits per heavy atom. The number of piperidine rings is 1. The van der Waals surface area contributed by atoms with E-state index in [1.54, 1.807) is 0 Å². The third-order valence-corrected chi connectivity index (χ3v) is 4.93. The van der Waals surface area contributed by atoms with Crippen molar-refractivity contribution in [1.29, 1.82) is 0 Å². The smallest absolute Gasteiger partial charge is 0.0480 e. The molecule has 19 heavy (non-hydrogen) atoms. The third-order valence-electron chi connectivity index (χ3n) is 4.93. The van der Waals surface area contributed by atoms with E-state index < -0.39 is 0 Å². The molecule has 1 atom stereocenters. The van der Waals surface area contributed by atoms with Gasteiger partial charge in [-0.3, -0.25) is 4.90 Å². The summed E-state index contributed by atoms with van der Waals surface area (Å²) in [6, 6.07) is 7.81. The van der Waals surface area contributed by atoms with Crippen LogP contribution in [0.3, 0.4) is 0 Å². The fraction of sp³-hybridized carbons (Fsp3) is 0.625. The van der Waals surface area contributed by atoms with Crippen LogP contribution in [-0.4, -0.2) is 42.5 Å². The van der Waals surface area contributed by atoms with Gasteiger partial charge in [0.15, 0.2) is 0 Å². The Morgan fingerprint density at radius 1 is 1.26 bits per heavy atom. The maximum atomic E-state index is 6.07. The van der Waals surface area contributed by atoms with Crippen LogP contribution in [0.25, 0.3) is 0 Å². The molecule has 0 aliphatic carbocycles. The molecule has 0 radical (unpaired) electrons. The Hall–Kier alpha value is -0.900. The number of nitrogens with two attached hydrogens (primary N) is 1. The van der Waals surface area contributed by atoms with Gasteiger partial charge in [0.05, 0.1) is 0 Å². The van der Waals surface area contributed by atoms with E-state index in [0.29, 0.717) is 12.1 Å². The average molecular weight is 259 g/mol. The minimum absolute atomic E-state index is 0.434. The van der Waals surface area contributed by atoms with Gasteiger partial charge in [0.25, 0.3) is 0 Å². The zero-order valence-electron chi connectivity index (χ0n) is 12.1. The van der Waals surface area contributed by atoms with Crippen LogP contribution in [0.4, 0.5) is 0 Å². The molecule has 1 unspecified atom stereocenters. The van der Waals surface area contributed by atoms with Gasteiger partial charge < -0.3 is 10.6 Å². The summed E-state index contributed by atoms with van der Waals surface area (Å²) >= 11 is 0. The van der Waals surface area contributed by atoms with Gasteiger partial charge >= 0.3 is 0 Å². The molecule has 1 fully saturated rings. The largest absolute Gasteiger partial charge is 0.329 e. The Bertz CT molecular complexity index is 449. The molecule has 0 spiro atoms. The topological polar surface area (TPSA) is 32.5 Å². The molecule has 1 aromatic rings. The van der Waals surface area contributed by atoms with E-state index in [1.807, 2.05) is 0 Å². The fourth-order valence-corrected chi connectivity index (χ4v) is 3.70. The number of benzene rings is 1. The summed E-state index contributed by atoms with van der Waals surface area (Å²) in [5.74, 6) is 0. The van der Waals surface area contributed by atoms with Gasteiger partial charge in [0, 0.05) is 25.2 Å². The molecular formula is C16H25N3. The molecule has 2 aliphatic rings. The van der Waals surface area contributed by atoms with Gasteiger partial charge in [-0.2, -0.15) is 0 Å². The van der Waals surface area contributed by atoms with Crippen LogP contribution < -0.4 is 5.73 Å². The molecule has 2 aliphatic heterocycles. The molecule has 3 heteroatoms. The number of hydrogen-bond donors (Lipinski definition) is 1. The number of aryl methyl sites for hydroxylation is 1. The second kappa shape index (κ2) is 5.23. The van der Waals surface area contributed by atoms with Crippen molar-refractivity contribution in [2.75, 3.05) is 26.7 Å². The number of rotatable bonds is 2. The number of likely N-dealkylation sites (tertiary alicyclic amines) is 1. The number of nitrogens with zero attached hydrogens (tertiary/aromatic N) is 2. The Balaban J connectivity index is 1.83. The summed E-state index contributed by atoms with van der Waals surface area (Å²) in [6.07, 6.45) is 2.56. The minimum Gasteiger partial charge on any atom is -0.329 e. The Kier molecular flexibility index (Phi) is 3.61. The monoisotopic (exact) mass is 259 g/mol. The van der Waals surface area contributed by atoms with E-state index in [2.05, 4.69) is 42.0 Å². The van der Waals surface area contributed by atoms with E-state index in [1.165, 1.54) is 42.6 Å². The predicted octanol–water partition coefficient (Wildman–Crippen LogP) is 1.90. The summed E-state index contributed by atoms with van der Waals surface area (Å²) in [5, 5.41) is 0. The van der Waals surface area contributed by atoms with Crippen LogP contribution in [0.15, 0.2) is 18.2 Å². The summed E-state index contributed by atoms with van der Waals surface area (Å²) in [7, 11) is 2.22. The first-order chi connectivity index (χ1) is 9.20. The molecule has 1 aromatic carbocycles. The van der Waals surface area contributed by atoms with Crippen LogP contribution in [0.1, 0.15) is 35.6 Å². The lowest BCUT2D eigenvalue weighted by atomic mass is 10.00. The van der Waals surface area contributed by atoms with Gasteiger partial charge in [-0.25, -0.2) is 0 Å². The summed E-state index contributed by atoms with van der Waals surface area (Å²) < 4.78 is 0. The van der Waals surface area contributed by atoms with E-state index in [9.17, 15) is 0 Å². The first kappa shape index (κ1) is 13.1. The van der Waals surface area contributed by atoms with Crippen LogP contribution in [0.5, 0.6) is 0 Å². The minimum atomic E-state index is 0.434. The Morgan fingerprint density at radius 3 is 2.68 bits per heavy atom. The summed E-state index contributed by atoms with van der Waals surface area (Å²) in [5.41, 5.74) is 10.5. The van der Waals surface area contributed by atoms with Crippen molar-refractivity contribution < 1.29 is 0 Å². The van der Waals surface area contributed by atoms with E-state index >= 15 is 0 Å². The van der Waals surface area contributed by atoms with Crippen LogP contribution in [0, 0.1) is 6.92 Å². The van der Waals surface area contributed by atoms with E-state index in [-0.39, 0.29) is 0 Å². The lowest BCUT2D eigenvalue weighted by molar-refractivity contribution is 0.0908. The van der Waals surface area contributed by atoms with Gasteiger partial charge in [0.2, 0.25) is 0 Å². The van der Waals surface area contributed by atoms with Crippen LogP contribution in [-0.2, 0) is 6.54 Å². The molecule has 0 bridgehead atoms. The second-order valence-corrected chi connectivity index (χ2v) is 6.10. The third kappa shape index (κ3) is 2.31. The normalized spacial score (nSPS) is 25.7. The van der Waals surface area contributed by atoms with E-state index in [0.717, 1.165) is 13.1 Å². The molecule has 2 heterocycles. The van der Waals surface area contributed by atoms with Crippen LogP contribution in [0.2, 0.25) is 0 Å². The molecule has 1 saturated heterocycles. The van der Waals surface area contributed by atoms with Gasteiger partial charge in [0.1, 0.15) is 0 Å². The lowest BCUT2D eigenvalue weighted by Crippen LogP contribution is -2.44. The van der Waals surface area contributed by atoms with E-state index in [4.69, 9.17) is 5.73 Å². The fourth-order valence-electron chi connectivity index (χ4n) is 3.70. The zero-order chi connectivity index (χ0) is 13.4. The molecule has 0 aromatic heterocycles. The second-order valence-electron chi connectivity index (χ2n) is 6.10. The maximum Gasteiger partial charge on any atom is 0.0480 e. The molecule has 3 nitrogen and oxygen atoms in total. The molecular weight excluding hydrogens is 234 g/mol. The molecule has 0 saturated carbocycles. The lowest BCUT2D eigenvalue weighted by Gasteiger charge is -2.38. The van der Waals surface area contributed by atoms with Crippen molar-refractivity contribution in [3.63, 3.8) is 0 Å². The zero-order valence-corrected chi connectivity index (χ0v) is 12.1. The average Bonchev–Trinajstić information content (AvgIpc) is 2.79. The quantitative estimate of drug-likeness (QED) is 0.880. The highest BCUT2D eigenvalue weighted by Crippen LogP contribution is 2.38.